The van der Waals surface area contributed by atoms with Crippen LogP contribution in [0.5, 0.6) is 0 Å². The van der Waals surface area contributed by atoms with Crippen LogP contribution in [0.25, 0.3) is 0 Å². The van der Waals surface area contributed by atoms with E-state index in [4.69, 9.17) is 4.52 Å². The minimum atomic E-state index is 0.633. The van der Waals surface area contributed by atoms with Gasteiger partial charge in [-0.05, 0) is 53.6 Å². The first kappa shape index (κ1) is 13.6. The Labute approximate surface area is 110 Å². The van der Waals surface area contributed by atoms with Crippen LogP contribution in [0.2, 0.25) is 0 Å². The van der Waals surface area contributed by atoms with E-state index in [2.05, 4.69) is 29.2 Å². The number of nitrogens with zero attached hydrogens (tertiary/aromatic N) is 2. The van der Waals surface area contributed by atoms with Crippen molar-refractivity contribution in [3.05, 3.63) is 17.0 Å². The number of aryl methyl sites for hydroxylation is 2. The average Bonchev–Trinajstić information content (AvgIpc) is 2.67. The van der Waals surface area contributed by atoms with Gasteiger partial charge < -0.3 is 14.7 Å². The van der Waals surface area contributed by atoms with Crippen molar-refractivity contribution in [3.8, 4) is 0 Å². The minimum Gasteiger partial charge on any atom is -0.361 e. The zero-order valence-electron chi connectivity index (χ0n) is 12.0. The van der Waals surface area contributed by atoms with Crippen molar-refractivity contribution < 1.29 is 4.52 Å². The molecule has 1 fully saturated rings. The summed E-state index contributed by atoms with van der Waals surface area (Å²) in [5, 5.41) is 7.63. The largest absolute Gasteiger partial charge is 0.361 e. The highest BCUT2D eigenvalue weighted by atomic mass is 16.5. The van der Waals surface area contributed by atoms with E-state index in [1.165, 1.54) is 31.5 Å². The molecule has 1 N–H and O–H groups in total. The van der Waals surface area contributed by atoms with Gasteiger partial charge in [-0.15, -0.1) is 0 Å². The molecule has 0 aliphatic carbocycles. The number of hydrogen-bond donors (Lipinski definition) is 1. The van der Waals surface area contributed by atoms with Gasteiger partial charge in [-0.1, -0.05) is 5.16 Å². The van der Waals surface area contributed by atoms with Crippen LogP contribution >= 0.6 is 0 Å². The molecule has 1 aliphatic heterocycles. The van der Waals surface area contributed by atoms with E-state index in [-0.39, 0.29) is 0 Å². The average molecular weight is 251 g/mol. The summed E-state index contributed by atoms with van der Waals surface area (Å²) in [5.41, 5.74) is 2.24. The summed E-state index contributed by atoms with van der Waals surface area (Å²) < 4.78 is 5.19. The SMILES string of the molecule is Cc1noc(C)c1CNC1CCN(C(C)C)CC1. The summed E-state index contributed by atoms with van der Waals surface area (Å²) in [6.45, 7) is 11.8. The smallest absolute Gasteiger partial charge is 0.138 e. The lowest BCUT2D eigenvalue weighted by atomic mass is 10.0. The van der Waals surface area contributed by atoms with Crippen molar-refractivity contribution >= 4 is 0 Å². The first-order valence-corrected chi connectivity index (χ1v) is 6.97. The molecule has 0 aromatic carbocycles. The molecule has 0 spiro atoms. The topological polar surface area (TPSA) is 41.3 Å². The monoisotopic (exact) mass is 251 g/mol. The zero-order valence-corrected chi connectivity index (χ0v) is 12.0. The maximum Gasteiger partial charge on any atom is 0.138 e. The van der Waals surface area contributed by atoms with E-state index in [1.54, 1.807) is 0 Å². The molecule has 0 unspecified atom stereocenters. The Kier molecular flexibility index (Phi) is 4.40. The van der Waals surface area contributed by atoms with E-state index in [0.717, 1.165) is 18.0 Å². The van der Waals surface area contributed by atoms with Crippen molar-refractivity contribution in [3.63, 3.8) is 0 Å². The second-order valence-electron chi connectivity index (χ2n) is 5.59. The Morgan fingerprint density at radius 3 is 2.50 bits per heavy atom. The molecule has 102 valence electrons. The molecule has 0 saturated carbocycles. The second-order valence-corrected chi connectivity index (χ2v) is 5.59. The molecule has 0 atom stereocenters. The Morgan fingerprint density at radius 1 is 1.33 bits per heavy atom. The molecule has 0 radical (unpaired) electrons. The van der Waals surface area contributed by atoms with Gasteiger partial charge in [0.15, 0.2) is 0 Å². The third-order valence-electron chi connectivity index (χ3n) is 4.01. The lowest BCUT2D eigenvalue weighted by molar-refractivity contribution is 0.161. The van der Waals surface area contributed by atoms with E-state index in [1.807, 2.05) is 13.8 Å². The molecule has 1 aliphatic rings. The quantitative estimate of drug-likeness (QED) is 0.891. The molecule has 1 saturated heterocycles. The maximum absolute atomic E-state index is 5.19. The number of piperidine rings is 1. The molecule has 2 rings (SSSR count). The van der Waals surface area contributed by atoms with Crippen LogP contribution in [0.1, 0.15) is 43.7 Å². The minimum absolute atomic E-state index is 0.633. The van der Waals surface area contributed by atoms with E-state index >= 15 is 0 Å². The number of rotatable bonds is 4. The van der Waals surface area contributed by atoms with Crippen molar-refractivity contribution in [2.75, 3.05) is 13.1 Å². The number of nitrogens with one attached hydrogen (secondary N) is 1. The fourth-order valence-corrected chi connectivity index (χ4v) is 2.62. The van der Waals surface area contributed by atoms with Gasteiger partial charge >= 0.3 is 0 Å². The molecule has 2 heterocycles. The van der Waals surface area contributed by atoms with Crippen molar-refractivity contribution in [2.45, 2.75) is 59.2 Å². The van der Waals surface area contributed by atoms with Gasteiger partial charge in [0.25, 0.3) is 0 Å². The summed E-state index contributed by atoms with van der Waals surface area (Å²) >= 11 is 0. The third-order valence-corrected chi connectivity index (χ3v) is 4.01. The van der Waals surface area contributed by atoms with Gasteiger partial charge in [-0.3, -0.25) is 0 Å². The predicted molar refractivity (Wildman–Crippen MR) is 72.5 cm³/mol. The molecular formula is C14H25N3O. The van der Waals surface area contributed by atoms with Gasteiger partial charge in [0.05, 0.1) is 5.69 Å². The molecule has 0 amide bonds. The fourth-order valence-electron chi connectivity index (χ4n) is 2.62. The highest BCUT2D eigenvalue weighted by Gasteiger charge is 2.21. The van der Waals surface area contributed by atoms with Gasteiger partial charge in [0.1, 0.15) is 5.76 Å². The van der Waals surface area contributed by atoms with Crippen LogP contribution in [0.3, 0.4) is 0 Å². The molecular weight excluding hydrogens is 226 g/mol. The summed E-state index contributed by atoms with van der Waals surface area (Å²) in [7, 11) is 0. The van der Waals surface area contributed by atoms with Crippen LogP contribution in [-0.4, -0.2) is 35.2 Å². The van der Waals surface area contributed by atoms with Gasteiger partial charge in [0.2, 0.25) is 0 Å². The van der Waals surface area contributed by atoms with Crippen LogP contribution < -0.4 is 5.32 Å². The Balaban J connectivity index is 1.79. The first-order chi connectivity index (χ1) is 8.58. The van der Waals surface area contributed by atoms with Crippen LogP contribution in [-0.2, 0) is 6.54 Å². The van der Waals surface area contributed by atoms with E-state index < -0.39 is 0 Å². The van der Waals surface area contributed by atoms with Crippen molar-refractivity contribution in [2.24, 2.45) is 0 Å². The molecule has 4 heteroatoms. The summed E-state index contributed by atoms with van der Waals surface area (Å²) in [4.78, 5) is 2.55. The van der Waals surface area contributed by atoms with Gasteiger partial charge in [0, 0.05) is 24.2 Å². The van der Waals surface area contributed by atoms with Crippen LogP contribution in [0.4, 0.5) is 0 Å². The summed E-state index contributed by atoms with van der Waals surface area (Å²) in [6.07, 6.45) is 2.48. The summed E-state index contributed by atoms with van der Waals surface area (Å²) in [5.74, 6) is 0.944. The van der Waals surface area contributed by atoms with E-state index in [9.17, 15) is 0 Å². The highest BCUT2D eigenvalue weighted by molar-refractivity contribution is 5.20. The molecule has 0 bridgehead atoms. The highest BCUT2D eigenvalue weighted by Crippen LogP contribution is 2.16. The normalized spacial score (nSPS) is 18.7. The lowest BCUT2D eigenvalue weighted by Gasteiger charge is -2.35. The number of hydrogen-bond acceptors (Lipinski definition) is 4. The lowest BCUT2D eigenvalue weighted by Crippen LogP contribution is -2.44. The van der Waals surface area contributed by atoms with Crippen molar-refractivity contribution in [1.29, 1.82) is 0 Å². The molecule has 4 nitrogen and oxygen atoms in total. The molecule has 1 aromatic heterocycles. The second kappa shape index (κ2) is 5.85. The Hall–Kier alpha value is -0.870. The third kappa shape index (κ3) is 3.12. The van der Waals surface area contributed by atoms with Gasteiger partial charge in [-0.25, -0.2) is 0 Å². The standard InChI is InChI=1S/C14H25N3O/c1-10(2)17-7-5-13(6-8-17)15-9-14-11(3)16-18-12(14)4/h10,13,15H,5-9H2,1-4H3. The Bertz CT molecular complexity index is 359. The Morgan fingerprint density at radius 2 is 2.00 bits per heavy atom. The van der Waals surface area contributed by atoms with Crippen molar-refractivity contribution in [1.82, 2.24) is 15.4 Å². The summed E-state index contributed by atoms with van der Waals surface area (Å²) in [6, 6.07) is 1.31. The van der Waals surface area contributed by atoms with Gasteiger partial charge in [-0.2, -0.15) is 0 Å². The molecule has 1 aromatic rings. The fraction of sp³-hybridized carbons (Fsp3) is 0.786. The number of aromatic nitrogens is 1. The molecule has 18 heavy (non-hydrogen) atoms. The van der Waals surface area contributed by atoms with Crippen LogP contribution in [0, 0.1) is 13.8 Å². The maximum atomic E-state index is 5.19. The first-order valence-electron chi connectivity index (χ1n) is 6.97. The van der Waals surface area contributed by atoms with E-state index in [0.29, 0.717) is 12.1 Å². The predicted octanol–water partition coefficient (Wildman–Crippen LogP) is 2.25. The zero-order chi connectivity index (χ0) is 13.1. The van der Waals surface area contributed by atoms with Crippen LogP contribution in [0.15, 0.2) is 4.52 Å². The number of likely N-dealkylation sites (tertiary alicyclic amines) is 1.